The number of anilines is 1. The number of carbonyl (C=O) groups is 1. The Morgan fingerprint density at radius 3 is 2.72 bits per heavy atom. The molecule has 2 aromatic rings. The van der Waals surface area contributed by atoms with Crippen molar-refractivity contribution in [2.75, 3.05) is 25.0 Å². The summed E-state index contributed by atoms with van der Waals surface area (Å²) < 4.78 is 5.39. The van der Waals surface area contributed by atoms with E-state index in [-0.39, 0.29) is 5.91 Å². The normalized spacial score (nSPS) is 15.9. The lowest BCUT2D eigenvalue weighted by atomic mass is 9.99. The zero-order valence-electron chi connectivity index (χ0n) is 14.8. The van der Waals surface area contributed by atoms with Gasteiger partial charge in [-0.2, -0.15) is 0 Å². The third kappa shape index (κ3) is 5.03. The molecule has 0 aliphatic carbocycles. The molecule has 1 aromatic heterocycles. The summed E-state index contributed by atoms with van der Waals surface area (Å²) in [5.41, 5.74) is 1.63. The fourth-order valence-electron chi connectivity index (χ4n) is 2.92. The van der Waals surface area contributed by atoms with Crippen LogP contribution in [0.25, 0.3) is 0 Å². The summed E-state index contributed by atoms with van der Waals surface area (Å²) in [6.07, 6.45) is 2.51. The molecule has 1 aliphatic heterocycles. The van der Waals surface area contributed by atoms with Gasteiger partial charge in [-0.15, -0.1) is 11.3 Å². The Morgan fingerprint density at radius 1 is 1.32 bits per heavy atom. The van der Waals surface area contributed by atoms with E-state index in [2.05, 4.69) is 22.1 Å². The number of hydrogen-bond donors (Lipinski definition) is 1. The Kier molecular flexibility index (Phi) is 6.04. The molecule has 1 aromatic carbocycles. The maximum atomic E-state index is 12.3. The number of likely N-dealkylation sites (tertiary alicyclic amines) is 1. The van der Waals surface area contributed by atoms with Crippen molar-refractivity contribution in [2.24, 2.45) is 5.92 Å². The van der Waals surface area contributed by atoms with Gasteiger partial charge < -0.3 is 4.74 Å². The first-order valence-electron chi connectivity index (χ1n) is 8.85. The summed E-state index contributed by atoms with van der Waals surface area (Å²) in [5, 5.41) is 5.57. The summed E-state index contributed by atoms with van der Waals surface area (Å²) in [6, 6.07) is 7.15. The first kappa shape index (κ1) is 17.9. The quantitative estimate of drug-likeness (QED) is 0.846. The Balaban J connectivity index is 1.54. The number of benzene rings is 1. The van der Waals surface area contributed by atoms with Gasteiger partial charge in [0.15, 0.2) is 5.13 Å². The molecule has 1 amide bonds. The number of aromatic nitrogens is 1. The highest BCUT2D eigenvalue weighted by atomic mass is 32.1. The Labute approximate surface area is 153 Å². The molecule has 3 rings (SSSR count). The highest BCUT2D eigenvalue weighted by Gasteiger charge is 2.17. The maximum Gasteiger partial charge on any atom is 0.257 e. The van der Waals surface area contributed by atoms with Gasteiger partial charge in [0.2, 0.25) is 0 Å². The van der Waals surface area contributed by atoms with Crippen LogP contribution in [0.3, 0.4) is 0 Å². The van der Waals surface area contributed by atoms with Crippen molar-refractivity contribution in [1.29, 1.82) is 0 Å². The maximum absolute atomic E-state index is 12.3. The van der Waals surface area contributed by atoms with E-state index in [9.17, 15) is 4.79 Å². The van der Waals surface area contributed by atoms with E-state index in [0.717, 1.165) is 37.0 Å². The number of amides is 1. The van der Waals surface area contributed by atoms with Gasteiger partial charge in [-0.1, -0.05) is 6.92 Å². The summed E-state index contributed by atoms with van der Waals surface area (Å²) >= 11 is 1.48. The molecule has 0 saturated carbocycles. The van der Waals surface area contributed by atoms with Gasteiger partial charge in [-0.3, -0.25) is 15.0 Å². The topological polar surface area (TPSA) is 54.5 Å². The largest absolute Gasteiger partial charge is 0.494 e. The van der Waals surface area contributed by atoms with Crippen LogP contribution in [0.4, 0.5) is 5.13 Å². The average Bonchev–Trinajstić information content (AvgIpc) is 3.05. The van der Waals surface area contributed by atoms with Crippen LogP contribution in [0.2, 0.25) is 0 Å². The van der Waals surface area contributed by atoms with E-state index < -0.39 is 0 Å². The van der Waals surface area contributed by atoms with Crippen LogP contribution in [0.5, 0.6) is 5.75 Å². The molecule has 6 heteroatoms. The van der Waals surface area contributed by atoms with Crippen molar-refractivity contribution >= 4 is 22.4 Å². The van der Waals surface area contributed by atoms with Crippen LogP contribution in [-0.2, 0) is 6.54 Å². The molecule has 5 nitrogen and oxygen atoms in total. The molecule has 0 radical (unpaired) electrons. The standard InChI is InChI=1S/C19H25N3O2S/c1-3-24-17-6-4-15(5-7-17)18(23)21-19-20-16(13-25-19)12-22-10-8-14(2)9-11-22/h4-7,13-14H,3,8-12H2,1-2H3,(H,20,21,23). The predicted molar refractivity (Wildman–Crippen MR) is 101 cm³/mol. The van der Waals surface area contributed by atoms with E-state index in [0.29, 0.717) is 17.3 Å². The molecule has 0 unspecified atom stereocenters. The van der Waals surface area contributed by atoms with Crippen molar-refractivity contribution in [3.63, 3.8) is 0 Å². The van der Waals surface area contributed by atoms with Crippen LogP contribution in [-0.4, -0.2) is 35.5 Å². The molecular formula is C19H25N3O2S. The van der Waals surface area contributed by atoms with Crippen LogP contribution < -0.4 is 10.1 Å². The number of ether oxygens (including phenoxy) is 1. The van der Waals surface area contributed by atoms with Crippen molar-refractivity contribution in [3.8, 4) is 5.75 Å². The number of carbonyl (C=O) groups excluding carboxylic acids is 1. The van der Waals surface area contributed by atoms with E-state index >= 15 is 0 Å². The van der Waals surface area contributed by atoms with Crippen LogP contribution >= 0.6 is 11.3 Å². The van der Waals surface area contributed by atoms with Gasteiger partial charge in [0.05, 0.1) is 12.3 Å². The van der Waals surface area contributed by atoms with Gasteiger partial charge in [-0.05, 0) is 63.0 Å². The lowest BCUT2D eigenvalue weighted by Crippen LogP contribution is -2.32. The van der Waals surface area contributed by atoms with Crippen molar-refractivity contribution < 1.29 is 9.53 Å². The molecule has 1 aliphatic rings. The minimum absolute atomic E-state index is 0.143. The second kappa shape index (κ2) is 8.45. The van der Waals surface area contributed by atoms with Crippen molar-refractivity contribution in [3.05, 3.63) is 40.9 Å². The van der Waals surface area contributed by atoms with Gasteiger partial charge in [-0.25, -0.2) is 4.98 Å². The first-order chi connectivity index (χ1) is 12.1. The van der Waals surface area contributed by atoms with Gasteiger partial charge in [0.25, 0.3) is 5.91 Å². The summed E-state index contributed by atoms with van der Waals surface area (Å²) in [4.78, 5) is 19.3. The lowest BCUT2D eigenvalue weighted by molar-refractivity contribution is 0.102. The third-order valence-electron chi connectivity index (χ3n) is 4.46. The van der Waals surface area contributed by atoms with E-state index in [1.807, 2.05) is 24.4 Å². The lowest BCUT2D eigenvalue weighted by Gasteiger charge is -2.29. The van der Waals surface area contributed by atoms with Gasteiger partial charge in [0, 0.05) is 17.5 Å². The third-order valence-corrected chi connectivity index (χ3v) is 5.27. The minimum Gasteiger partial charge on any atom is -0.494 e. The second-order valence-electron chi connectivity index (χ2n) is 6.51. The molecule has 25 heavy (non-hydrogen) atoms. The molecule has 1 fully saturated rings. The summed E-state index contributed by atoms with van der Waals surface area (Å²) in [7, 11) is 0. The first-order valence-corrected chi connectivity index (χ1v) is 9.73. The fraction of sp³-hybridized carbons (Fsp3) is 0.474. The molecule has 1 N–H and O–H groups in total. The number of hydrogen-bond acceptors (Lipinski definition) is 5. The second-order valence-corrected chi connectivity index (χ2v) is 7.37. The molecule has 1 saturated heterocycles. The fourth-order valence-corrected chi connectivity index (χ4v) is 3.62. The van der Waals surface area contributed by atoms with E-state index in [4.69, 9.17) is 4.74 Å². The Morgan fingerprint density at radius 2 is 2.04 bits per heavy atom. The number of piperidine rings is 1. The average molecular weight is 359 g/mol. The number of nitrogens with one attached hydrogen (secondary N) is 1. The van der Waals surface area contributed by atoms with Crippen LogP contribution in [0.15, 0.2) is 29.6 Å². The zero-order chi connectivity index (χ0) is 17.6. The van der Waals surface area contributed by atoms with Crippen LogP contribution in [0.1, 0.15) is 42.7 Å². The van der Waals surface area contributed by atoms with E-state index in [1.54, 1.807) is 12.1 Å². The summed E-state index contributed by atoms with van der Waals surface area (Å²) in [6.45, 7) is 7.99. The van der Waals surface area contributed by atoms with Gasteiger partial charge in [0.1, 0.15) is 5.75 Å². The predicted octanol–water partition coefficient (Wildman–Crippen LogP) is 4.03. The molecule has 134 valence electrons. The molecule has 2 heterocycles. The summed E-state index contributed by atoms with van der Waals surface area (Å²) in [5.74, 6) is 1.46. The Bertz CT molecular complexity index is 691. The highest BCUT2D eigenvalue weighted by Crippen LogP contribution is 2.21. The monoisotopic (exact) mass is 359 g/mol. The van der Waals surface area contributed by atoms with Crippen molar-refractivity contribution in [2.45, 2.75) is 33.2 Å². The number of thiazole rings is 1. The Hall–Kier alpha value is -1.92. The number of rotatable bonds is 6. The van der Waals surface area contributed by atoms with Crippen molar-refractivity contribution in [1.82, 2.24) is 9.88 Å². The molecule has 0 bridgehead atoms. The molecule has 0 spiro atoms. The smallest absolute Gasteiger partial charge is 0.257 e. The van der Waals surface area contributed by atoms with Gasteiger partial charge >= 0.3 is 0 Å². The van der Waals surface area contributed by atoms with Crippen LogP contribution in [0, 0.1) is 5.92 Å². The number of nitrogens with zero attached hydrogens (tertiary/aromatic N) is 2. The zero-order valence-corrected chi connectivity index (χ0v) is 15.6. The minimum atomic E-state index is -0.143. The highest BCUT2D eigenvalue weighted by molar-refractivity contribution is 7.13. The van der Waals surface area contributed by atoms with E-state index in [1.165, 1.54) is 24.2 Å². The SMILES string of the molecule is CCOc1ccc(C(=O)Nc2nc(CN3CCC(C)CC3)cs2)cc1. The molecule has 0 atom stereocenters. The molecular weight excluding hydrogens is 334 g/mol.